The Morgan fingerprint density at radius 1 is 1.04 bits per heavy atom. The molecular weight excluding hydrogens is 632 g/mol. The van der Waals surface area contributed by atoms with Gasteiger partial charge in [0.1, 0.15) is 11.6 Å². The number of aliphatic hydroxyl groups excluding tert-OH is 1. The van der Waals surface area contributed by atoms with E-state index in [1.807, 2.05) is 51.1 Å². The van der Waals surface area contributed by atoms with Crippen molar-refractivity contribution in [3.05, 3.63) is 77.1 Å². The second kappa shape index (κ2) is 15.0. The van der Waals surface area contributed by atoms with Crippen molar-refractivity contribution < 1.29 is 38.1 Å². The Labute approximate surface area is 286 Å². The normalized spacial score (nSPS) is 13.5. The van der Waals surface area contributed by atoms with Gasteiger partial charge in [0.2, 0.25) is 0 Å². The van der Waals surface area contributed by atoms with Crippen molar-refractivity contribution in [3.8, 4) is 22.4 Å². The standard InChI is InChI=1S/C38H47F2N3O6/c1-9-43-31-13-12-24(19-28(31)29(20-38(6,7)21-44)33(43)27-11-10-14-41-32(27)22(2)48-8)25-15-23(16-26(18-25)34(39)40)17-30(35(45)46)42-36(47)49-37(3,4)5/h10-16,18-19,22,30,34,44H,9,17,20-21H2,1-8H3,(H,42,47)(H,45,46). The summed E-state index contributed by atoms with van der Waals surface area (Å²) in [4.78, 5) is 29.2. The number of carboxylic acids is 1. The molecule has 9 nitrogen and oxygen atoms in total. The number of benzene rings is 2. The van der Waals surface area contributed by atoms with Crippen molar-refractivity contribution in [1.29, 1.82) is 0 Å². The van der Waals surface area contributed by atoms with Gasteiger partial charge in [0.15, 0.2) is 0 Å². The van der Waals surface area contributed by atoms with Crippen molar-refractivity contribution >= 4 is 23.0 Å². The number of carbonyl (C=O) groups excluding carboxylic acids is 1. The van der Waals surface area contributed by atoms with Crippen LogP contribution in [-0.4, -0.2) is 57.2 Å². The van der Waals surface area contributed by atoms with Crippen LogP contribution < -0.4 is 5.32 Å². The zero-order valence-electron chi connectivity index (χ0n) is 29.4. The fourth-order valence-corrected chi connectivity index (χ4v) is 6.02. The van der Waals surface area contributed by atoms with E-state index in [0.717, 1.165) is 33.4 Å². The minimum atomic E-state index is -2.81. The molecule has 0 saturated carbocycles. The molecule has 0 aliphatic carbocycles. The first-order chi connectivity index (χ1) is 23.0. The van der Waals surface area contributed by atoms with Gasteiger partial charge in [0.25, 0.3) is 6.43 Å². The van der Waals surface area contributed by atoms with E-state index in [0.29, 0.717) is 29.7 Å². The number of methoxy groups -OCH3 is 1. The van der Waals surface area contributed by atoms with Crippen LogP contribution in [0.25, 0.3) is 33.3 Å². The number of rotatable bonds is 13. The fourth-order valence-electron chi connectivity index (χ4n) is 6.02. The van der Waals surface area contributed by atoms with E-state index in [2.05, 4.69) is 21.8 Å². The number of fused-ring (bicyclic) bond motifs is 1. The van der Waals surface area contributed by atoms with Gasteiger partial charge in [0, 0.05) is 54.9 Å². The Hall–Kier alpha value is -4.35. The quantitative estimate of drug-likeness (QED) is 0.130. The number of aliphatic carboxylic acids is 1. The molecule has 0 aliphatic rings. The molecule has 1 amide bonds. The first-order valence-electron chi connectivity index (χ1n) is 16.4. The first kappa shape index (κ1) is 37.5. The number of nitrogens with one attached hydrogen (secondary N) is 1. The zero-order chi connectivity index (χ0) is 36.3. The third-order valence-corrected chi connectivity index (χ3v) is 8.43. The number of amides is 1. The number of carbonyl (C=O) groups is 2. The fraction of sp³-hybridized carbons (Fsp3) is 0.447. The van der Waals surface area contributed by atoms with Crippen molar-refractivity contribution in [2.75, 3.05) is 13.7 Å². The van der Waals surface area contributed by atoms with Crippen LogP contribution in [-0.2, 0) is 33.7 Å². The molecule has 49 heavy (non-hydrogen) atoms. The van der Waals surface area contributed by atoms with Crippen LogP contribution in [0.15, 0.2) is 54.7 Å². The monoisotopic (exact) mass is 679 g/mol. The molecule has 3 N–H and O–H groups in total. The van der Waals surface area contributed by atoms with Gasteiger partial charge in [-0.05, 0) is 99.0 Å². The van der Waals surface area contributed by atoms with Crippen LogP contribution in [0, 0.1) is 5.41 Å². The van der Waals surface area contributed by atoms with Crippen LogP contribution in [0.5, 0.6) is 0 Å². The van der Waals surface area contributed by atoms with Crippen molar-refractivity contribution in [2.24, 2.45) is 5.41 Å². The van der Waals surface area contributed by atoms with Crippen LogP contribution in [0.2, 0.25) is 0 Å². The SMILES string of the molecule is CCn1c(-c2cccnc2C(C)OC)c(CC(C)(C)CO)c2cc(-c3cc(CC(NC(=O)OC(C)(C)C)C(=O)O)cc(C(F)F)c3)ccc21. The number of hydrogen-bond acceptors (Lipinski definition) is 6. The lowest BCUT2D eigenvalue weighted by Gasteiger charge is -2.23. The Morgan fingerprint density at radius 3 is 2.35 bits per heavy atom. The lowest BCUT2D eigenvalue weighted by molar-refractivity contribution is -0.139. The van der Waals surface area contributed by atoms with E-state index in [4.69, 9.17) is 9.47 Å². The van der Waals surface area contributed by atoms with E-state index in [1.54, 1.807) is 40.1 Å². The van der Waals surface area contributed by atoms with Crippen LogP contribution in [0.1, 0.15) is 83.4 Å². The molecule has 2 unspecified atom stereocenters. The second-order valence-corrected chi connectivity index (χ2v) is 14.1. The molecule has 4 rings (SSSR count). The summed E-state index contributed by atoms with van der Waals surface area (Å²) in [5.74, 6) is -1.32. The number of alkyl carbamates (subject to hydrolysis) is 1. The topological polar surface area (TPSA) is 123 Å². The summed E-state index contributed by atoms with van der Waals surface area (Å²) in [7, 11) is 1.63. The third kappa shape index (κ3) is 8.82. The van der Waals surface area contributed by atoms with Gasteiger partial charge < -0.3 is 29.6 Å². The highest BCUT2D eigenvalue weighted by atomic mass is 19.3. The molecule has 4 aromatic rings. The molecule has 2 aromatic carbocycles. The van der Waals surface area contributed by atoms with Gasteiger partial charge in [-0.25, -0.2) is 18.4 Å². The minimum Gasteiger partial charge on any atom is -0.480 e. The lowest BCUT2D eigenvalue weighted by Crippen LogP contribution is -2.44. The number of halogens is 2. The molecule has 2 heterocycles. The maximum Gasteiger partial charge on any atom is 0.408 e. The highest BCUT2D eigenvalue weighted by molar-refractivity contribution is 5.95. The average Bonchev–Trinajstić information content (AvgIpc) is 3.34. The summed E-state index contributed by atoms with van der Waals surface area (Å²) in [6, 6.07) is 12.6. The van der Waals surface area contributed by atoms with Crippen LogP contribution in [0.4, 0.5) is 13.6 Å². The molecule has 0 spiro atoms. The molecule has 0 bridgehead atoms. The Balaban J connectivity index is 1.91. The summed E-state index contributed by atoms with van der Waals surface area (Å²) in [6.07, 6.45) is -2.01. The van der Waals surface area contributed by atoms with Gasteiger partial charge in [-0.3, -0.25) is 4.98 Å². The highest BCUT2D eigenvalue weighted by Gasteiger charge is 2.29. The zero-order valence-corrected chi connectivity index (χ0v) is 29.4. The summed E-state index contributed by atoms with van der Waals surface area (Å²) < 4.78 is 41.6. The Kier molecular flexibility index (Phi) is 11.5. The number of ether oxygens (including phenoxy) is 2. The van der Waals surface area contributed by atoms with Gasteiger partial charge in [-0.15, -0.1) is 0 Å². The number of hydrogen-bond donors (Lipinski definition) is 3. The summed E-state index contributed by atoms with van der Waals surface area (Å²) in [5, 5.41) is 23.4. The van der Waals surface area contributed by atoms with Gasteiger partial charge in [-0.1, -0.05) is 32.0 Å². The van der Waals surface area contributed by atoms with E-state index < -0.39 is 35.5 Å². The minimum absolute atomic E-state index is 0.0544. The Bertz CT molecular complexity index is 1810. The van der Waals surface area contributed by atoms with Crippen LogP contribution >= 0.6 is 0 Å². The number of pyridine rings is 1. The maximum atomic E-state index is 14.2. The molecule has 264 valence electrons. The van der Waals surface area contributed by atoms with Crippen LogP contribution in [0.3, 0.4) is 0 Å². The van der Waals surface area contributed by atoms with E-state index >= 15 is 0 Å². The predicted octanol–water partition coefficient (Wildman–Crippen LogP) is 8.12. The number of alkyl halides is 2. The molecule has 0 fully saturated rings. The molecule has 11 heteroatoms. The molecule has 2 atom stereocenters. The number of aliphatic hydroxyl groups is 1. The molecule has 0 radical (unpaired) electrons. The number of nitrogens with zero attached hydrogens (tertiary/aromatic N) is 2. The third-order valence-electron chi connectivity index (χ3n) is 8.43. The Morgan fingerprint density at radius 2 is 1.76 bits per heavy atom. The summed E-state index contributed by atoms with van der Waals surface area (Å²) >= 11 is 0. The molecular formula is C38H47F2N3O6. The molecule has 0 aliphatic heterocycles. The number of carboxylic acid groups (broad SMARTS) is 1. The van der Waals surface area contributed by atoms with Gasteiger partial charge >= 0.3 is 12.1 Å². The maximum absolute atomic E-state index is 14.2. The largest absolute Gasteiger partial charge is 0.480 e. The number of aryl methyl sites for hydroxylation is 1. The van der Waals surface area contributed by atoms with Gasteiger partial charge in [-0.2, -0.15) is 0 Å². The van der Waals surface area contributed by atoms with Crippen molar-refractivity contribution in [1.82, 2.24) is 14.9 Å². The smallest absolute Gasteiger partial charge is 0.408 e. The average molecular weight is 680 g/mol. The highest BCUT2D eigenvalue weighted by Crippen LogP contribution is 2.42. The van der Waals surface area contributed by atoms with Crippen molar-refractivity contribution in [3.63, 3.8) is 0 Å². The molecule has 0 saturated heterocycles. The first-order valence-corrected chi connectivity index (χ1v) is 16.4. The summed E-state index contributed by atoms with van der Waals surface area (Å²) in [5.41, 5.74) is 4.38. The van der Waals surface area contributed by atoms with Crippen molar-refractivity contribution in [2.45, 2.75) is 92.0 Å². The molecule has 2 aromatic heterocycles. The van der Waals surface area contributed by atoms with E-state index in [1.165, 1.54) is 12.1 Å². The van der Waals surface area contributed by atoms with E-state index in [-0.39, 0.29) is 24.7 Å². The number of aromatic nitrogens is 2. The van der Waals surface area contributed by atoms with Gasteiger partial charge in [0.05, 0.1) is 17.5 Å². The van der Waals surface area contributed by atoms with E-state index in [9.17, 15) is 28.6 Å². The second-order valence-electron chi connectivity index (χ2n) is 14.1. The summed E-state index contributed by atoms with van der Waals surface area (Å²) in [6.45, 7) is 13.5. The lowest BCUT2D eigenvalue weighted by atomic mass is 9.84. The predicted molar refractivity (Wildman–Crippen MR) is 186 cm³/mol.